The molecule has 0 saturated carbocycles. The van der Waals surface area contributed by atoms with E-state index in [9.17, 15) is 9.59 Å². The maximum absolute atomic E-state index is 13.3. The van der Waals surface area contributed by atoms with Gasteiger partial charge in [-0.2, -0.15) is 0 Å². The number of hydrogen-bond donors (Lipinski definition) is 1. The van der Waals surface area contributed by atoms with Crippen LogP contribution in [-0.4, -0.2) is 37.1 Å². The van der Waals surface area contributed by atoms with Crippen molar-refractivity contribution < 1.29 is 14.3 Å². The Morgan fingerprint density at radius 1 is 1.09 bits per heavy atom. The van der Waals surface area contributed by atoms with E-state index >= 15 is 0 Å². The molecule has 2 aromatic rings. The van der Waals surface area contributed by atoms with Crippen LogP contribution < -0.4 is 19.9 Å². The number of nitrogens with zero attached hydrogens (tertiary/aromatic N) is 2. The molecule has 0 aromatic heterocycles. The van der Waals surface area contributed by atoms with Gasteiger partial charge in [-0.1, -0.05) is 26.0 Å². The van der Waals surface area contributed by atoms with Crippen LogP contribution in [0.4, 0.5) is 11.4 Å². The fourth-order valence-corrected chi connectivity index (χ4v) is 3.94. The molecule has 1 aliphatic heterocycles. The van der Waals surface area contributed by atoms with E-state index in [2.05, 4.69) is 37.9 Å². The molecule has 0 unspecified atom stereocenters. The summed E-state index contributed by atoms with van der Waals surface area (Å²) in [6.45, 7) is 10.1. The van der Waals surface area contributed by atoms with Crippen molar-refractivity contribution in [2.75, 3.05) is 30.0 Å². The van der Waals surface area contributed by atoms with E-state index in [0.717, 1.165) is 24.3 Å². The smallest absolute Gasteiger partial charge is 0.270 e. The van der Waals surface area contributed by atoms with Gasteiger partial charge < -0.3 is 9.64 Å². The Hall–Kier alpha value is -3.19. The molecule has 7 heteroatoms. The molecule has 1 N–H and O–H groups in total. The lowest BCUT2D eigenvalue weighted by Crippen LogP contribution is -2.54. The lowest BCUT2D eigenvalue weighted by Gasteiger charge is -2.29. The van der Waals surface area contributed by atoms with Gasteiger partial charge in [0.1, 0.15) is 11.3 Å². The van der Waals surface area contributed by atoms with Crippen LogP contribution in [0.25, 0.3) is 6.08 Å². The summed E-state index contributed by atoms with van der Waals surface area (Å²) in [5, 5.41) is 2.70. The van der Waals surface area contributed by atoms with Gasteiger partial charge in [0.05, 0.1) is 12.8 Å². The van der Waals surface area contributed by atoms with Crippen molar-refractivity contribution in [2.24, 2.45) is 0 Å². The number of ether oxygens (including phenoxy) is 1. The van der Waals surface area contributed by atoms with Crippen molar-refractivity contribution in [2.45, 2.75) is 33.6 Å². The Balaban J connectivity index is 1.98. The largest absolute Gasteiger partial charge is 0.496 e. The third-order valence-electron chi connectivity index (χ3n) is 5.57. The number of nitrogens with one attached hydrogen (secondary N) is 1. The van der Waals surface area contributed by atoms with E-state index in [0.29, 0.717) is 22.9 Å². The minimum Gasteiger partial charge on any atom is -0.496 e. The fraction of sp³-hybridized carbons (Fsp3) is 0.320. The Bertz CT molecular complexity index is 1060. The molecule has 6 nitrogen and oxygen atoms in total. The van der Waals surface area contributed by atoms with Gasteiger partial charge in [0.25, 0.3) is 11.8 Å². The van der Waals surface area contributed by atoms with Crippen LogP contribution in [0.2, 0.25) is 0 Å². The molecule has 0 atom stereocenters. The van der Waals surface area contributed by atoms with Crippen LogP contribution in [0.3, 0.4) is 0 Å². The highest BCUT2D eigenvalue weighted by atomic mass is 32.1. The van der Waals surface area contributed by atoms with E-state index < -0.39 is 11.8 Å². The number of carbonyl (C=O) groups is 2. The van der Waals surface area contributed by atoms with Gasteiger partial charge in [-0.3, -0.25) is 19.8 Å². The molecule has 0 spiro atoms. The molecule has 32 heavy (non-hydrogen) atoms. The second-order valence-corrected chi connectivity index (χ2v) is 8.19. The van der Waals surface area contributed by atoms with E-state index in [1.165, 1.54) is 4.90 Å². The van der Waals surface area contributed by atoms with Crippen LogP contribution in [0.1, 0.15) is 44.7 Å². The maximum Gasteiger partial charge on any atom is 0.270 e. The summed E-state index contributed by atoms with van der Waals surface area (Å²) in [6.07, 6.45) is 1.56. The van der Waals surface area contributed by atoms with Gasteiger partial charge >= 0.3 is 0 Å². The molecule has 2 amide bonds. The third kappa shape index (κ3) is 4.67. The van der Waals surface area contributed by atoms with Gasteiger partial charge in [0, 0.05) is 30.4 Å². The molecule has 2 aromatic carbocycles. The Labute approximate surface area is 194 Å². The number of rotatable bonds is 7. The number of anilines is 2. The normalized spacial score (nSPS) is 15.4. The summed E-state index contributed by atoms with van der Waals surface area (Å²) >= 11 is 5.30. The molecule has 1 saturated heterocycles. The van der Waals surface area contributed by atoms with Crippen molar-refractivity contribution in [1.82, 2.24) is 5.32 Å². The van der Waals surface area contributed by atoms with Crippen LogP contribution in [-0.2, 0) is 9.59 Å². The SMILES string of the molecule is CCN(CC)c1ccc(/C=C2\C(=O)NC(=S)N(c3ccc(C(C)C)cc3)C2=O)c(OC)c1. The van der Waals surface area contributed by atoms with Crippen molar-refractivity contribution in [3.05, 3.63) is 59.2 Å². The highest BCUT2D eigenvalue weighted by Gasteiger charge is 2.34. The van der Waals surface area contributed by atoms with E-state index in [-0.39, 0.29) is 10.7 Å². The predicted octanol–water partition coefficient (Wildman–Crippen LogP) is 4.50. The number of thiocarbonyl (C=S) groups is 1. The van der Waals surface area contributed by atoms with Crippen molar-refractivity contribution in [3.63, 3.8) is 0 Å². The molecule has 168 valence electrons. The summed E-state index contributed by atoms with van der Waals surface area (Å²) < 4.78 is 5.55. The maximum atomic E-state index is 13.3. The molecule has 1 aliphatic rings. The lowest BCUT2D eigenvalue weighted by molar-refractivity contribution is -0.122. The molecule has 3 rings (SSSR count). The zero-order valence-corrected chi connectivity index (χ0v) is 20.0. The van der Waals surface area contributed by atoms with Gasteiger partial charge in [0.2, 0.25) is 0 Å². The minimum atomic E-state index is -0.523. The average Bonchev–Trinajstić information content (AvgIpc) is 2.78. The zero-order chi connectivity index (χ0) is 23.4. The van der Waals surface area contributed by atoms with E-state index in [1.807, 2.05) is 42.5 Å². The standard InChI is InChI=1S/C25H29N3O3S/c1-6-27(7-2)20-13-10-18(22(15-20)31-5)14-21-23(29)26-25(32)28(24(21)30)19-11-8-17(9-12-19)16(3)4/h8-16H,6-7H2,1-5H3,(H,26,29,32)/b21-14+. The van der Waals surface area contributed by atoms with Gasteiger partial charge in [-0.25, -0.2) is 0 Å². The first-order chi connectivity index (χ1) is 15.3. The third-order valence-corrected chi connectivity index (χ3v) is 5.85. The molecule has 1 fully saturated rings. The molecule has 0 radical (unpaired) electrons. The summed E-state index contributed by atoms with van der Waals surface area (Å²) in [5.41, 5.74) is 3.42. The van der Waals surface area contributed by atoms with Crippen LogP contribution in [0.15, 0.2) is 48.0 Å². The first kappa shape index (κ1) is 23.5. The van der Waals surface area contributed by atoms with Crippen molar-refractivity contribution in [1.29, 1.82) is 0 Å². The molecule has 0 bridgehead atoms. The highest BCUT2D eigenvalue weighted by molar-refractivity contribution is 7.80. The Kier molecular flexibility index (Phi) is 7.30. The van der Waals surface area contributed by atoms with Gasteiger partial charge in [-0.15, -0.1) is 0 Å². The zero-order valence-electron chi connectivity index (χ0n) is 19.1. The monoisotopic (exact) mass is 451 g/mol. The highest BCUT2D eigenvalue weighted by Crippen LogP contribution is 2.29. The van der Waals surface area contributed by atoms with Crippen molar-refractivity contribution >= 4 is 46.6 Å². The van der Waals surface area contributed by atoms with Crippen LogP contribution >= 0.6 is 12.2 Å². The van der Waals surface area contributed by atoms with Crippen LogP contribution in [0.5, 0.6) is 5.75 Å². The van der Waals surface area contributed by atoms with E-state index in [4.69, 9.17) is 17.0 Å². The summed E-state index contributed by atoms with van der Waals surface area (Å²) in [6, 6.07) is 13.3. The Morgan fingerprint density at radius 3 is 2.31 bits per heavy atom. The second-order valence-electron chi connectivity index (χ2n) is 7.80. The number of hydrogen-bond acceptors (Lipinski definition) is 5. The fourth-order valence-electron chi connectivity index (χ4n) is 3.66. The Morgan fingerprint density at radius 2 is 1.75 bits per heavy atom. The summed E-state index contributed by atoms with van der Waals surface area (Å²) in [7, 11) is 1.57. The number of methoxy groups -OCH3 is 1. The number of benzene rings is 2. The summed E-state index contributed by atoms with van der Waals surface area (Å²) in [4.78, 5) is 29.5. The first-order valence-corrected chi connectivity index (χ1v) is 11.2. The molecule has 0 aliphatic carbocycles. The number of carbonyl (C=O) groups excluding carboxylic acids is 2. The summed E-state index contributed by atoms with van der Waals surface area (Å²) in [5.74, 6) is -0.0330. The van der Waals surface area contributed by atoms with E-state index in [1.54, 1.807) is 13.2 Å². The predicted molar refractivity (Wildman–Crippen MR) is 133 cm³/mol. The second kappa shape index (κ2) is 9.96. The van der Waals surface area contributed by atoms with Gasteiger partial charge in [-0.05, 0) is 67.9 Å². The quantitative estimate of drug-likeness (QED) is 0.382. The average molecular weight is 452 g/mol. The van der Waals surface area contributed by atoms with Crippen molar-refractivity contribution in [3.8, 4) is 5.75 Å². The first-order valence-electron chi connectivity index (χ1n) is 10.7. The molecule has 1 heterocycles. The van der Waals surface area contributed by atoms with Gasteiger partial charge in [0.15, 0.2) is 5.11 Å². The molecular weight excluding hydrogens is 422 g/mol. The number of amides is 2. The molecular formula is C25H29N3O3S. The van der Waals surface area contributed by atoms with Crippen LogP contribution in [0, 0.1) is 0 Å². The minimum absolute atomic E-state index is 0.000394. The lowest BCUT2D eigenvalue weighted by atomic mass is 10.0. The topological polar surface area (TPSA) is 61.9 Å².